The first-order valence-corrected chi connectivity index (χ1v) is 10.4. The lowest BCUT2D eigenvalue weighted by molar-refractivity contribution is -0.135. The van der Waals surface area contributed by atoms with Gasteiger partial charge in [-0.3, -0.25) is 19.5 Å². The van der Waals surface area contributed by atoms with Gasteiger partial charge in [0.2, 0.25) is 5.91 Å². The van der Waals surface area contributed by atoms with E-state index >= 15 is 0 Å². The fourth-order valence-corrected chi connectivity index (χ4v) is 3.78. The number of primary amides is 1. The molecule has 9 nitrogen and oxygen atoms in total. The van der Waals surface area contributed by atoms with Crippen molar-refractivity contribution in [3.63, 3.8) is 0 Å². The van der Waals surface area contributed by atoms with Crippen molar-refractivity contribution < 1.29 is 19.1 Å². The number of nitrogens with one attached hydrogen (secondary N) is 2. The van der Waals surface area contributed by atoms with Crippen LogP contribution in [0, 0.1) is 5.92 Å². The number of ether oxygens (including phenoxy) is 1. The third-order valence-electron chi connectivity index (χ3n) is 5.59. The largest absolute Gasteiger partial charge is 0.497 e. The van der Waals surface area contributed by atoms with Crippen molar-refractivity contribution in [2.45, 2.75) is 38.6 Å². The average Bonchev–Trinajstić information content (AvgIpc) is 3.27. The second-order valence-electron chi connectivity index (χ2n) is 8.12. The number of likely N-dealkylation sites (tertiary alicyclic amines) is 1. The van der Waals surface area contributed by atoms with Gasteiger partial charge in [0.05, 0.1) is 7.11 Å². The molecule has 1 saturated heterocycles. The molecule has 1 aliphatic rings. The molecule has 0 unspecified atom stereocenters. The molecule has 2 atom stereocenters. The number of aromatic nitrogens is 2. The zero-order valence-corrected chi connectivity index (χ0v) is 18.1. The van der Waals surface area contributed by atoms with Crippen molar-refractivity contribution in [1.29, 1.82) is 0 Å². The topological polar surface area (TPSA) is 130 Å². The molecule has 4 N–H and O–H groups in total. The summed E-state index contributed by atoms with van der Waals surface area (Å²) in [6.07, 6.45) is 1.69. The van der Waals surface area contributed by atoms with Gasteiger partial charge in [-0.15, -0.1) is 0 Å². The zero-order valence-electron chi connectivity index (χ0n) is 18.1. The number of rotatable bonds is 7. The summed E-state index contributed by atoms with van der Waals surface area (Å²) in [5.74, 6) is -0.399. The zero-order chi connectivity index (χ0) is 22.5. The number of hydrogen-bond acceptors (Lipinski definition) is 5. The molecule has 3 amide bonds. The van der Waals surface area contributed by atoms with Crippen LogP contribution in [0.5, 0.6) is 5.75 Å². The van der Waals surface area contributed by atoms with Crippen molar-refractivity contribution in [2.75, 3.05) is 20.2 Å². The van der Waals surface area contributed by atoms with E-state index in [1.54, 1.807) is 42.3 Å². The van der Waals surface area contributed by atoms with Gasteiger partial charge in [-0.1, -0.05) is 13.8 Å². The van der Waals surface area contributed by atoms with Crippen molar-refractivity contribution in [3.8, 4) is 5.75 Å². The highest BCUT2D eigenvalue weighted by molar-refractivity contribution is 5.97. The molecule has 0 saturated carbocycles. The number of benzene rings is 1. The smallest absolute Gasteiger partial charge is 0.269 e. The van der Waals surface area contributed by atoms with Crippen LogP contribution < -0.4 is 15.8 Å². The molecule has 2 heterocycles. The van der Waals surface area contributed by atoms with Crippen molar-refractivity contribution >= 4 is 17.7 Å². The quantitative estimate of drug-likeness (QED) is 0.619. The average molecular weight is 428 g/mol. The molecule has 3 rings (SSSR count). The van der Waals surface area contributed by atoms with E-state index in [-0.39, 0.29) is 29.3 Å². The van der Waals surface area contributed by atoms with E-state index in [4.69, 9.17) is 10.5 Å². The molecular weight excluding hydrogens is 398 g/mol. The van der Waals surface area contributed by atoms with Gasteiger partial charge in [-0.05, 0) is 49.1 Å². The molecular formula is C22H29N5O4. The molecule has 1 fully saturated rings. The first kappa shape index (κ1) is 22.3. The van der Waals surface area contributed by atoms with Gasteiger partial charge >= 0.3 is 0 Å². The third kappa shape index (κ3) is 5.22. The molecule has 1 aromatic carbocycles. The number of hydrogen-bond donors (Lipinski definition) is 3. The van der Waals surface area contributed by atoms with Crippen molar-refractivity contribution in [1.82, 2.24) is 20.4 Å². The van der Waals surface area contributed by atoms with Gasteiger partial charge < -0.3 is 20.7 Å². The third-order valence-corrected chi connectivity index (χ3v) is 5.59. The molecule has 1 aliphatic heterocycles. The Labute approximate surface area is 181 Å². The Kier molecular flexibility index (Phi) is 6.94. The summed E-state index contributed by atoms with van der Waals surface area (Å²) in [6.45, 7) is 4.92. The second-order valence-corrected chi connectivity index (χ2v) is 8.12. The van der Waals surface area contributed by atoms with E-state index in [0.717, 1.165) is 18.5 Å². The molecule has 2 aromatic rings. The first-order chi connectivity index (χ1) is 14.8. The number of aromatic amines is 1. The molecule has 1 aromatic heterocycles. The summed E-state index contributed by atoms with van der Waals surface area (Å²) >= 11 is 0. The van der Waals surface area contributed by atoms with Gasteiger partial charge in [0.1, 0.15) is 17.5 Å². The van der Waals surface area contributed by atoms with Crippen LogP contribution in [0.1, 0.15) is 59.1 Å². The Morgan fingerprint density at radius 3 is 2.55 bits per heavy atom. The van der Waals surface area contributed by atoms with Crippen LogP contribution in [0.4, 0.5) is 0 Å². The maximum atomic E-state index is 13.3. The van der Waals surface area contributed by atoms with Crippen LogP contribution in [-0.2, 0) is 4.79 Å². The van der Waals surface area contributed by atoms with E-state index in [0.29, 0.717) is 24.4 Å². The van der Waals surface area contributed by atoms with Gasteiger partial charge in [-0.2, -0.15) is 5.10 Å². The highest BCUT2D eigenvalue weighted by atomic mass is 16.5. The number of nitrogens with zero attached hydrogens (tertiary/aromatic N) is 2. The standard InChI is InChI=1S/C22H29N5O4/c1-13(2)19(24-21(29)14-6-8-16(31-3)9-7-14)22(30)27-10-4-5-15(12-27)17-11-18(20(23)28)26-25-17/h6-9,11,13,15,19H,4-5,10,12H2,1-3H3,(H2,23,28)(H,24,29)(H,25,26)/t15-,19+/m1/s1. The summed E-state index contributed by atoms with van der Waals surface area (Å²) in [5, 5.41) is 9.69. The molecule has 31 heavy (non-hydrogen) atoms. The van der Waals surface area contributed by atoms with E-state index in [2.05, 4.69) is 15.5 Å². The summed E-state index contributed by atoms with van der Waals surface area (Å²) in [6, 6.07) is 7.76. The lowest BCUT2D eigenvalue weighted by atomic mass is 9.93. The monoisotopic (exact) mass is 427 g/mol. The minimum Gasteiger partial charge on any atom is -0.497 e. The molecule has 0 radical (unpaired) electrons. The number of methoxy groups -OCH3 is 1. The van der Waals surface area contributed by atoms with Crippen LogP contribution in [-0.4, -0.2) is 59.1 Å². The maximum absolute atomic E-state index is 13.3. The van der Waals surface area contributed by atoms with Gasteiger partial charge in [-0.25, -0.2) is 0 Å². The number of carbonyl (C=O) groups excluding carboxylic acids is 3. The van der Waals surface area contributed by atoms with E-state index < -0.39 is 11.9 Å². The number of nitrogens with two attached hydrogens (primary N) is 1. The van der Waals surface area contributed by atoms with E-state index in [9.17, 15) is 14.4 Å². The molecule has 0 bridgehead atoms. The first-order valence-electron chi connectivity index (χ1n) is 10.4. The summed E-state index contributed by atoms with van der Waals surface area (Å²) in [4.78, 5) is 39.1. The summed E-state index contributed by atoms with van der Waals surface area (Å²) in [7, 11) is 1.56. The highest BCUT2D eigenvalue weighted by Crippen LogP contribution is 2.27. The van der Waals surface area contributed by atoms with Crippen molar-refractivity contribution in [3.05, 3.63) is 47.3 Å². The minimum absolute atomic E-state index is 0.0309. The van der Waals surface area contributed by atoms with E-state index in [1.807, 2.05) is 13.8 Å². The number of carbonyl (C=O) groups is 3. The SMILES string of the molecule is COc1ccc(C(=O)N[C@H](C(=O)N2CCC[C@@H](c3cc(C(N)=O)n[nH]3)C2)C(C)C)cc1. The fraction of sp³-hybridized carbons (Fsp3) is 0.455. The van der Waals surface area contributed by atoms with E-state index in [1.165, 1.54) is 0 Å². The van der Waals surface area contributed by atoms with Gasteiger partial charge in [0, 0.05) is 30.3 Å². The maximum Gasteiger partial charge on any atom is 0.269 e. The Morgan fingerprint density at radius 1 is 1.26 bits per heavy atom. The lowest BCUT2D eigenvalue weighted by Gasteiger charge is -2.35. The lowest BCUT2D eigenvalue weighted by Crippen LogP contribution is -2.53. The normalized spacial score (nSPS) is 17.3. The number of H-pyrrole nitrogens is 1. The predicted molar refractivity (Wildman–Crippen MR) is 115 cm³/mol. The fourth-order valence-electron chi connectivity index (χ4n) is 3.78. The Bertz CT molecular complexity index is 938. The van der Waals surface area contributed by atoms with Crippen LogP contribution >= 0.6 is 0 Å². The van der Waals surface area contributed by atoms with Crippen LogP contribution in [0.15, 0.2) is 30.3 Å². The van der Waals surface area contributed by atoms with Gasteiger partial charge in [0.25, 0.3) is 11.8 Å². The van der Waals surface area contributed by atoms with Crippen LogP contribution in [0.25, 0.3) is 0 Å². The molecule has 0 spiro atoms. The molecule has 0 aliphatic carbocycles. The minimum atomic E-state index is -0.642. The van der Waals surface area contributed by atoms with Crippen LogP contribution in [0.2, 0.25) is 0 Å². The summed E-state index contributed by atoms with van der Waals surface area (Å²) in [5.41, 5.74) is 6.72. The van der Waals surface area contributed by atoms with Gasteiger partial charge in [0.15, 0.2) is 0 Å². The number of amides is 3. The Morgan fingerprint density at radius 2 is 1.97 bits per heavy atom. The molecule has 9 heteroatoms. The Balaban J connectivity index is 1.69. The summed E-state index contributed by atoms with van der Waals surface area (Å²) < 4.78 is 5.12. The second kappa shape index (κ2) is 9.63. The Hall–Kier alpha value is -3.36. The highest BCUT2D eigenvalue weighted by Gasteiger charge is 2.33. The van der Waals surface area contributed by atoms with Crippen molar-refractivity contribution in [2.24, 2.45) is 11.7 Å². The molecule has 166 valence electrons. The number of piperidine rings is 1. The predicted octanol–water partition coefficient (Wildman–Crippen LogP) is 1.68. The van der Waals surface area contributed by atoms with Crippen LogP contribution in [0.3, 0.4) is 0 Å².